The number of hydrogen-bond donors (Lipinski definition) is 2. The Bertz CT molecular complexity index is 848. The van der Waals surface area contributed by atoms with Gasteiger partial charge in [0, 0.05) is 18.2 Å². The summed E-state index contributed by atoms with van der Waals surface area (Å²) in [5.74, 6) is 0.410. The first-order chi connectivity index (χ1) is 12.4. The zero-order valence-electron chi connectivity index (χ0n) is 15.2. The first-order valence-electron chi connectivity index (χ1n) is 8.39. The average molecular weight is 376 g/mol. The fourth-order valence-corrected chi connectivity index (χ4v) is 3.62. The van der Waals surface area contributed by atoms with E-state index in [1.54, 1.807) is 26.2 Å². The number of nitrogens with one attached hydrogen (secondary N) is 2. The van der Waals surface area contributed by atoms with Crippen LogP contribution in [0, 0.1) is 0 Å². The number of ether oxygens (including phenoxy) is 1. The van der Waals surface area contributed by atoms with Crippen molar-refractivity contribution in [1.29, 1.82) is 0 Å². The normalized spacial score (nSPS) is 12.4. The quantitative estimate of drug-likeness (QED) is 0.742. The maximum atomic E-state index is 12.4. The summed E-state index contributed by atoms with van der Waals surface area (Å²) in [5, 5.41) is 2.79. The summed E-state index contributed by atoms with van der Waals surface area (Å²) >= 11 is 0. The van der Waals surface area contributed by atoms with E-state index in [1.165, 1.54) is 12.1 Å². The van der Waals surface area contributed by atoms with Crippen molar-refractivity contribution < 1.29 is 17.9 Å². The first-order valence-corrected chi connectivity index (χ1v) is 9.87. The molecule has 0 fully saturated rings. The standard InChI is InChI=1S/C19H24N2O4S/c1-4-14(2)21-26(23,24)18-7-5-6-16(12-18)19(22)20-13-15-8-10-17(25-3)11-9-15/h5-12,14,21H,4,13H2,1-3H3,(H,20,22). The Kier molecular flexibility index (Phi) is 6.76. The van der Waals surface area contributed by atoms with E-state index in [9.17, 15) is 13.2 Å². The molecule has 0 saturated heterocycles. The van der Waals surface area contributed by atoms with Crippen LogP contribution in [0.4, 0.5) is 0 Å². The fourth-order valence-electron chi connectivity index (χ4n) is 2.25. The van der Waals surface area contributed by atoms with Gasteiger partial charge in [-0.25, -0.2) is 13.1 Å². The molecule has 140 valence electrons. The van der Waals surface area contributed by atoms with Crippen molar-refractivity contribution in [3.05, 3.63) is 59.7 Å². The maximum absolute atomic E-state index is 12.4. The van der Waals surface area contributed by atoms with Gasteiger partial charge in [-0.3, -0.25) is 4.79 Å². The Morgan fingerprint density at radius 2 is 1.85 bits per heavy atom. The lowest BCUT2D eigenvalue weighted by Crippen LogP contribution is -2.32. The Labute approximate surface area is 154 Å². The molecule has 0 aromatic heterocycles. The Hall–Kier alpha value is -2.38. The fraction of sp³-hybridized carbons (Fsp3) is 0.316. The van der Waals surface area contributed by atoms with E-state index in [4.69, 9.17) is 4.74 Å². The zero-order valence-corrected chi connectivity index (χ0v) is 16.0. The summed E-state index contributed by atoms with van der Waals surface area (Å²) in [6.45, 7) is 4.03. The van der Waals surface area contributed by atoms with Gasteiger partial charge in [-0.1, -0.05) is 25.1 Å². The van der Waals surface area contributed by atoms with E-state index in [-0.39, 0.29) is 16.8 Å². The lowest BCUT2D eigenvalue weighted by Gasteiger charge is -2.13. The third-order valence-corrected chi connectivity index (χ3v) is 5.57. The SMILES string of the molecule is CCC(C)NS(=O)(=O)c1cccc(C(=O)NCc2ccc(OC)cc2)c1. The highest BCUT2D eigenvalue weighted by atomic mass is 32.2. The van der Waals surface area contributed by atoms with E-state index in [0.717, 1.165) is 11.3 Å². The molecular weight excluding hydrogens is 352 g/mol. The molecule has 2 aromatic carbocycles. The van der Waals surface area contributed by atoms with Gasteiger partial charge in [-0.05, 0) is 49.2 Å². The van der Waals surface area contributed by atoms with Crippen LogP contribution in [-0.2, 0) is 16.6 Å². The molecule has 0 spiro atoms. The highest BCUT2D eigenvalue weighted by Crippen LogP contribution is 2.14. The number of hydrogen-bond acceptors (Lipinski definition) is 4. The summed E-state index contributed by atoms with van der Waals surface area (Å²) < 4.78 is 32.4. The van der Waals surface area contributed by atoms with E-state index >= 15 is 0 Å². The van der Waals surface area contributed by atoms with Crippen molar-refractivity contribution in [3.63, 3.8) is 0 Å². The van der Waals surface area contributed by atoms with Gasteiger partial charge >= 0.3 is 0 Å². The monoisotopic (exact) mass is 376 g/mol. The number of carbonyl (C=O) groups excluding carboxylic acids is 1. The largest absolute Gasteiger partial charge is 0.497 e. The second-order valence-electron chi connectivity index (χ2n) is 5.99. The molecule has 0 aliphatic rings. The van der Waals surface area contributed by atoms with Gasteiger partial charge in [0.2, 0.25) is 10.0 Å². The average Bonchev–Trinajstić information content (AvgIpc) is 2.66. The minimum atomic E-state index is -3.65. The topological polar surface area (TPSA) is 84.5 Å². The molecule has 2 rings (SSSR count). The predicted octanol–water partition coefficient (Wildman–Crippen LogP) is 2.70. The van der Waals surface area contributed by atoms with Crippen LogP contribution in [0.3, 0.4) is 0 Å². The maximum Gasteiger partial charge on any atom is 0.251 e. The summed E-state index contributed by atoms with van der Waals surface area (Å²) in [7, 11) is -2.06. The van der Waals surface area contributed by atoms with Gasteiger partial charge in [0.05, 0.1) is 12.0 Å². The summed E-state index contributed by atoms with van der Waals surface area (Å²) in [5.41, 5.74) is 1.21. The van der Waals surface area contributed by atoms with E-state index < -0.39 is 10.0 Å². The second-order valence-corrected chi connectivity index (χ2v) is 7.70. The molecule has 0 radical (unpaired) electrons. The number of rotatable bonds is 8. The van der Waals surface area contributed by atoms with Crippen molar-refractivity contribution in [2.24, 2.45) is 0 Å². The van der Waals surface area contributed by atoms with Crippen molar-refractivity contribution in [1.82, 2.24) is 10.0 Å². The smallest absolute Gasteiger partial charge is 0.251 e. The molecule has 0 bridgehead atoms. The van der Waals surface area contributed by atoms with Gasteiger partial charge in [0.1, 0.15) is 5.75 Å². The molecule has 7 heteroatoms. The highest BCUT2D eigenvalue weighted by molar-refractivity contribution is 7.89. The van der Waals surface area contributed by atoms with Gasteiger partial charge in [-0.2, -0.15) is 0 Å². The van der Waals surface area contributed by atoms with Crippen LogP contribution < -0.4 is 14.8 Å². The van der Waals surface area contributed by atoms with Crippen LogP contribution in [0.15, 0.2) is 53.4 Å². The molecule has 2 N–H and O–H groups in total. The molecule has 0 aliphatic carbocycles. The Balaban J connectivity index is 2.07. The minimum Gasteiger partial charge on any atom is -0.497 e. The molecule has 26 heavy (non-hydrogen) atoms. The zero-order chi connectivity index (χ0) is 19.2. The summed E-state index contributed by atoms with van der Waals surface area (Å²) in [4.78, 5) is 12.4. The van der Waals surface area contributed by atoms with Crippen molar-refractivity contribution in [2.45, 2.75) is 37.8 Å². The molecule has 0 heterocycles. The van der Waals surface area contributed by atoms with Crippen LogP contribution in [0.1, 0.15) is 36.2 Å². The van der Waals surface area contributed by atoms with Crippen LogP contribution in [0.25, 0.3) is 0 Å². The predicted molar refractivity (Wildman–Crippen MR) is 101 cm³/mol. The third kappa shape index (κ3) is 5.31. The summed E-state index contributed by atoms with van der Waals surface area (Å²) in [6.07, 6.45) is 0.682. The third-order valence-electron chi connectivity index (χ3n) is 3.99. The van der Waals surface area contributed by atoms with Crippen molar-refractivity contribution >= 4 is 15.9 Å². The van der Waals surface area contributed by atoms with Crippen molar-refractivity contribution in [3.8, 4) is 5.75 Å². The van der Waals surface area contributed by atoms with Gasteiger partial charge in [-0.15, -0.1) is 0 Å². The second kappa shape index (κ2) is 8.82. The number of amides is 1. The lowest BCUT2D eigenvalue weighted by atomic mass is 10.2. The Morgan fingerprint density at radius 1 is 1.15 bits per heavy atom. The number of benzene rings is 2. The van der Waals surface area contributed by atoms with Crippen LogP contribution in [0.5, 0.6) is 5.75 Å². The van der Waals surface area contributed by atoms with Crippen LogP contribution >= 0.6 is 0 Å². The van der Waals surface area contributed by atoms with Gasteiger partial charge in [0.15, 0.2) is 0 Å². The number of carbonyl (C=O) groups is 1. The molecule has 6 nitrogen and oxygen atoms in total. The summed E-state index contributed by atoms with van der Waals surface area (Å²) in [6, 6.07) is 13.2. The lowest BCUT2D eigenvalue weighted by molar-refractivity contribution is 0.0950. The van der Waals surface area contributed by atoms with Gasteiger partial charge < -0.3 is 10.1 Å². The van der Waals surface area contributed by atoms with E-state index in [1.807, 2.05) is 31.2 Å². The number of methoxy groups -OCH3 is 1. The van der Waals surface area contributed by atoms with Gasteiger partial charge in [0.25, 0.3) is 5.91 Å². The molecule has 1 atom stereocenters. The van der Waals surface area contributed by atoms with E-state index in [2.05, 4.69) is 10.0 Å². The molecule has 1 unspecified atom stereocenters. The molecular formula is C19H24N2O4S. The minimum absolute atomic E-state index is 0.0786. The van der Waals surface area contributed by atoms with Crippen LogP contribution in [0.2, 0.25) is 0 Å². The van der Waals surface area contributed by atoms with Crippen molar-refractivity contribution in [2.75, 3.05) is 7.11 Å². The van der Waals surface area contributed by atoms with E-state index in [0.29, 0.717) is 18.5 Å². The molecule has 0 saturated carbocycles. The molecule has 2 aromatic rings. The first kappa shape index (κ1) is 19.9. The molecule has 0 aliphatic heterocycles. The van der Waals surface area contributed by atoms with Crippen LogP contribution in [-0.4, -0.2) is 27.5 Å². The Morgan fingerprint density at radius 3 is 2.46 bits per heavy atom. The molecule has 1 amide bonds. The highest BCUT2D eigenvalue weighted by Gasteiger charge is 2.18. The number of sulfonamides is 1.